The summed E-state index contributed by atoms with van der Waals surface area (Å²) in [6.07, 6.45) is 0.174. The maximum absolute atomic E-state index is 11.5. The molecule has 2 rings (SSSR count). The van der Waals surface area contributed by atoms with Gasteiger partial charge in [0.25, 0.3) is 0 Å². The molecule has 4 heteroatoms. The number of methoxy groups -OCH3 is 1. The predicted molar refractivity (Wildman–Crippen MR) is 84.1 cm³/mol. The van der Waals surface area contributed by atoms with E-state index in [-0.39, 0.29) is 12.4 Å². The van der Waals surface area contributed by atoms with Crippen LogP contribution in [0, 0.1) is 0 Å². The summed E-state index contributed by atoms with van der Waals surface area (Å²) in [7, 11) is 1.38. The smallest absolute Gasteiger partial charge is 0.310 e. The first-order valence-electron chi connectivity index (χ1n) is 7.22. The van der Waals surface area contributed by atoms with Crippen molar-refractivity contribution in [1.82, 2.24) is 0 Å². The highest BCUT2D eigenvalue weighted by molar-refractivity contribution is 5.73. The molecule has 0 aliphatic heterocycles. The van der Waals surface area contributed by atoms with Gasteiger partial charge in [0.2, 0.25) is 0 Å². The minimum atomic E-state index is -0.297. The van der Waals surface area contributed by atoms with Crippen molar-refractivity contribution in [2.24, 2.45) is 0 Å². The molecule has 4 nitrogen and oxygen atoms in total. The van der Waals surface area contributed by atoms with Crippen molar-refractivity contribution >= 4 is 5.97 Å². The van der Waals surface area contributed by atoms with Gasteiger partial charge in [-0.3, -0.25) is 4.79 Å². The van der Waals surface area contributed by atoms with Gasteiger partial charge in [0, 0.05) is 11.6 Å². The molecular formula is C18H20O4. The summed E-state index contributed by atoms with van der Waals surface area (Å²) >= 11 is 0. The van der Waals surface area contributed by atoms with Crippen LogP contribution in [0.3, 0.4) is 0 Å². The molecule has 0 saturated heterocycles. The topological polar surface area (TPSA) is 44.8 Å². The molecule has 0 unspecified atom stereocenters. The average molecular weight is 300 g/mol. The van der Waals surface area contributed by atoms with Gasteiger partial charge in [-0.2, -0.15) is 0 Å². The fraction of sp³-hybridized carbons (Fsp3) is 0.278. The van der Waals surface area contributed by atoms with E-state index in [1.54, 1.807) is 0 Å². The van der Waals surface area contributed by atoms with E-state index in [0.29, 0.717) is 19.0 Å². The molecule has 0 N–H and O–H groups in total. The fourth-order valence-electron chi connectivity index (χ4n) is 2.03. The monoisotopic (exact) mass is 300 g/mol. The zero-order valence-electron chi connectivity index (χ0n) is 12.9. The summed E-state index contributed by atoms with van der Waals surface area (Å²) in [6, 6.07) is 15.3. The SMILES string of the molecule is CCOc1ccc(CC(=O)OC)c(OCc2ccccc2)c1. The van der Waals surface area contributed by atoms with E-state index < -0.39 is 0 Å². The lowest BCUT2D eigenvalue weighted by molar-refractivity contribution is -0.139. The quantitative estimate of drug-likeness (QED) is 0.735. The van der Waals surface area contributed by atoms with Crippen LogP contribution in [-0.4, -0.2) is 19.7 Å². The Balaban J connectivity index is 2.16. The second-order valence-electron chi connectivity index (χ2n) is 4.73. The summed E-state index contributed by atoms with van der Waals surface area (Å²) in [5.41, 5.74) is 1.85. The molecule has 0 aliphatic carbocycles. The van der Waals surface area contributed by atoms with Crippen molar-refractivity contribution in [3.05, 3.63) is 59.7 Å². The molecule has 0 radical (unpaired) electrons. The van der Waals surface area contributed by atoms with Crippen LogP contribution < -0.4 is 9.47 Å². The molecular weight excluding hydrogens is 280 g/mol. The van der Waals surface area contributed by atoms with Gasteiger partial charge in [0.05, 0.1) is 20.1 Å². The maximum atomic E-state index is 11.5. The van der Waals surface area contributed by atoms with E-state index in [2.05, 4.69) is 0 Å². The standard InChI is InChI=1S/C18H20O4/c1-3-21-16-10-9-15(11-18(19)20-2)17(12-16)22-13-14-7-5-4-6-8-14/h4-10,12H,3,11,13H2,1-2H3. The number of carbonyl (C=O) groups is 1. The lowest BCUT2D eigenvalue weighted by Crippen LogP contribution is -2.07. The largest absolute Gasteiger partial charge is 0.494 e. The molecule has 0 atom stereocenters. The van der Waals surface area contributed by atoms with E-state index in [1.807, 2.05) is 55.5 Å². The highest BCUT2D eigenvalue weighted by atomic mass is 16.5. The summed E-state index contributed by atoms with van der Waals surface area (Å²) < 4.78 is 16.1. The fourth-order valence-corrected chi connectivity index (χ4v) is 2.03. The first-order chi connectivity index (χ1) is 10.7. The Morgan fingerprint density at radius 2 is 1.82 bits per heavy atom. The molecule has 0 fully saturated rings. The molecule has 116 valence electrons. The summed E-state index contributed by atoms with van der Waals surface area (Å²) in [5, 5.41) is 0. The molecule has 0 aromatic heterocycles. The summed E-state index contributed by atoms with van der Waals surface area (Å²) in [5.74, 6) is 1.06. The molecule has 0 bridgehead atoms. The Morgan fingerprint density at radius 3 is 2.50 bits per heavy atom. The van der Waals surface area contributed by atoms with Crippen LogP contribution in [0.25, 0.3) is 0 Å². The van der Waals surface area contributed by atoms with Crippen molar-refractivity contribution < 1.29 is 19.0 Å². The van der Waals surface area contributed by atoms with Crippen molar-refractivity contribution in [1.29, 1.82) is 0 Å². The van der Waals surface area contributed by atoms with Crippen molar-refractivity contribution in [2.75, 3.05) is 13.7 Å². The third-order valence-corrected chi connectivity index (χ3v) is 3.15. The lowest BCUT2D eigenvalue weighted by atomic mass is 10.1. The number of ether oxygens (including phenoxy) is 3. The first kappa shape index (κ1) is 15.9. The molecule has 2 aromatic carbocycles. The van der Waals surface area contributed by atoms with Crippen LogP contribution in [0.1, 0.15) is 18.1 Å². The molecule has 22 heavy (non-hydrogen) atoms. The number of esters is 1. The molecule has 0 spiro atoms. The van der Waals surface area contributed by atoms with Crippen LogP contribution in [-0.2, 0) is 22.6 Å². The van der Waals surface area contributed by atoms with Gasteiger partial charge in [0.15, 0.2) is 0 Å². The minimum Gasteiger partial charge on any atom is -0.494 e. The van der Waals surface area contributed by atoms with Crippen molar-refractivity contribution in [3.63, 3.8) is 0 Å². The first-order valence-corrected chi connectivity index (χ1v) is 7.22. The van der Waals surface area contributed by atoms with E-state index in [9.17, 15) is 4.79 Å². The van der Waals surface area contributed by atoms with E-state index >= 15 is 0 Å². The normalized spacial score (nSPS) is 10.1. The molecule has 0 saturated carbocycles. The Hall–Kier alpha value is -2.49. The van der Waals surface area contributed by atoms with Crippen LogP contribution >= 0.6 is 0 Å². The Kier molecular flexibility index (Phi) is 5.83. The van der Waals surface area contributed by atoms with Gasteiger partial charge in [-0.25, -0.2) is 0 Å². The zero-order chi connectivity index (χ0) is 15.8. The zero-order valence-corrected chi connectivity index (χ0v) is 12.9. The number of hydrogen-bond donors (Lipinski definition) is 0. The molecule has 2 aromatic rings. The number of rotatable bonds is 7. The Bertz CT molecular complexity index is 608. The van der Waals surface area contributed by atoms with Crippen molar-refractivity contribution in [3.8, 4) is 11.5 Å². The third kappa shape index (κ3) is 4.52. The number of hydrogen-bond acceptors (Lipinski definition) is 4. The van der Waals surface area contributed by atoms with Crippen molar-refractivity contribution in [2.45, 2.75) is 20.0 Å². The number of carbonyl (C=O) groups excluding carboxylic acids is 1. The van der Waals surface area contributed by atoms with Gasteiger partial charge in [-0.05, 0) is 18.6 Å². The Morgan fingerprint density at radius 1 is 1.05 bits per heavy atom. The maximum Gasteiger partial charge on any atom is 0.310 e. The van der Waals surface area contributed by atoms with Crippen LogP contribution in [0.15, 0.2) is 48.5 Å². The molecule has 0 amide bonds. The minimum absolute atomic E-state index is 0.174. The lowest BCUT2D eigenvalue weighted by Gasteiger charge is -2.13. The second-order valence-corrected chi connectivity index (χ2v) is 4.73. The van der Waals surface area contributed by atoms with Gasteiger partial charge in [-0.15, -0.1) is 0 Å². The highest BCUT2D eigenvalue weighted by Gasteiger charge is 2.11. The highest BCUT2D eigenvalue weighted by Crippen LogP contribution is 2.26. The molecule has 0 heterocycles. The number of benzene rings is 2. The van der Waals surface area contributed by atoms with E-state index in [0.717, 1.165) is 16.9 Å². The third-order valence-electron chi connectivity index (χ3n) is 3.15. The summed E-state index contributed by atoms with van der Waals surface area (Å²) in [4.78, 5) is 11.5. The van der Waals surface area contributed by atoms with E-state index in [4.69, 9.17) is 14.2 Å². The summed E-state index contributed by atoms with van der Waals surface area (Å²) in [6.45, 7) is 2.94. The Labute approximate surface area is 130 Å². The van der Waals surface area contributed by atoms with Gasteiger partial charge < -0.3 is 14.2 Å². The predicted octanol–water partition coefficient (Wildman–Crippen LogP) is 3.38. The average Bonchev–Trinajstić information content (AvgIpc) is 2.56. The van der Waals surface area contributed by atoms with Gasteiger partial charge in [0.1, 0.15) is 18.1 Å². The van der Waals surface area contributed by atoms with Gasteiger partial charge >= 0.3 is 5.97 Å². The van der Waals surface area contributed by atoms with Gasteiger partial charge in [-0.1, -0.05) is 36.4 Å². The van der Waals surface area contributed by atoms with Crippen LogP contribution in [0.4, 0.5) is 0 Å². The second kappa shape index (κ2) is 8.08. The van der Waals surface area contributed by atoms with Crippen LogP contribution in [0.5, 0.6) is 11.5 Å². The molecule has 0 aliphatic rings. The van der Waals surface area contributed by atoms with E-state index in [1.165, 1.54) is 7.11 Å². The van der Waals surface area contributed by atoms with Crippen LogP contribution in [0.2, 0.25) is 0 Å².